The molecule has 5 nitrogen and oxygen atoms in total. The Morgan fingerprint density at radius 1 is 1.73 bits per heavy atom. The highest BCUT2D eigenvalue weighted by Crippen LogP contribution is 2.08. The highest BCUT2D eigenvalue weighted by atomic mass is 16.5. The molecule has 0 aliphatic carbocycles. The minimum absolute atomic E-state index is 0.00542. The van der Waals surface area contributed by atoms with E-state index in [0.717, 1.165) is 0 Å². The van der Waals surface area contributed by atoms with Crippen LogP contribution < -0.4 is 5.32 Å². The van der Waals surface area contributed by atoms with Crippen LogP contribution in [0.5, 0.6) is 0 Å². The first kappa shape index (κ1) is 11.7. The molecule has 1 aliphatic heterocycles. The summed E-state index contributed by atoms with van der Waals surface area (Å²) in [5.41, 5.74) is 0.420. The summed E-state index contributed by atoms with van der Waals surface area (Å²) in [6.07, 6.45) is 1.88. The summed E-state index contributed by atoms with van der Waals surface area (Å²) in [6, 6.07) is 0. The van der Waals surface area contributed by atoms with Crippen molar-refractivity contribution in [2.75, 3.05) is 13.2 Å². The van der Waals surface area contributed by atoms with E-state index < -0.39 is 12.1 Å². The Hall–Kier alpha value is -1.36. The summed E-state index contributed by atoms with van der Waals surface area (Å²) >= 11 is 0. The minimum Gasteiger partial charge on any atom is -0.449 e. The van der Waals surface area contributed by atoms with E-state index in [0.29, 0.717) is 25.0 Å². The average Bonchev–Trinajstić information content (AvgIpc) is 2.61. The highest BCUT2D eigenvalue weighted by Gasteiger charge is 2.27. The quantitative estimate of drug-likeness (QED) is 0.498. The summed E-state index contributed by atoms with van der Waals surface area (Å²) in [5, 5.41) is 11.1. The first-order valence-corrected chi connectivity index (χ1v) is 4.91. The van der Waals surface area contributed by atoms with Gasteiger partial charge in [-0.05, 0) is 13.3 Å². The third kappa shape index (κ3) is 3.36. The Kier molecular flexibility index (Phi) is 4.30. The predicted octanol–water partition coefficient (Wildman–Crippen LogP) is -0.253. The van der Waals surface area contributed by atoms with Crippen molar-refractivity contribution in [2.45, 2.75) is 25.9 Å². The van der Waals surface area contributed by atoms with Crippen molar-refractivity contribution >= 4 is 11.9 Å². The standard InChI is InChI=1S/C10H15NO4/c1-7(3-2-6-12)10(14)15-8-4-5-11-9(8)13/h3,8,12H,2,4-6H2,1H3,(H,11,13)/b7-3+. The number of esters is 1. The fourth-order valence-corrected chi connectivity index (χ4v) is 1.27. The molecule has 1 aliphatic rings. The normalized spacial score (nSPS) is 21.3. The Morgan fingerprint density at radius 2 is 2.47 bits per heavy atom. The summed E-state index contributed by atoms with van der Waals surface area (Å²) in [4.78, 5) is 22.5. The fraction of sp³-hybridized carbons (Fsp3) is 0.600. The molecule has 1 unspecified atom stereocenters. The SMILES string of the molecule is C/C(=C\CCO)C(=O)OC1CCNC1=O. The number of aliphatic hydroxyl groups is 1. The monoisotopic (exact) mass is 213 g/mol. The molecule has 5 heteroatoms. The molecule has 1 saturated heterocycles. The number of carbonyl (C=O) groups is 2. The Morgan fingerprint density at radius 3 is 3.00 bits per heavy atom. The van der Waals surface area contributed by atoms with Gasteiger partial charge in [0.25, 0.3) is 5.91 Å². The van der Waals surface area contributed by atoms with Crippen molar-refractivity contribution in [3.63, 3.8) is 0 Å². The van der Waals surface area contributed by atoms with Gasteiger partial charge in [-0.3, -0.25) is 4.79 Å². The maximum atomic E-state index is 11.4. The van der Waals surface area contributed by atoms with Gasteiger partial charge >= 0.3 is 5.97 Å². The van der Waals surface area contributed by atoms with Crippen LogP contribution >= 0.6 is 0 Å². The fourth-order valence-electron chi connectivity index (χ4n) is 1.27. The van der Waals surface area contributed by atoms with Gasteiger partial charge < -0.3 is 15.2 Å². The molecule has 0 aromatic carbocycles. The van der Waals surface area contributed by atoms with Crippen molar-refractivity contribution in [2.24, 2.45) is 0 Å². The second-order valence-electron chi connectivity index (χ2n) is 3.37. The molecule has 0 spiro atoms. The lowest BCUT2D eigenvalue weighted by molar-refractivity contribution is -0.150. The molecule has 0 saturated carbocycles. The van der Waals surface area contributed by atoms with E-state index in [1.54, 1.807) is 13.0 Å². The van der Waals surface area contributed by atoms with E-state index in [9.17, 15) is 9.59 Å². The van der Waals surface area contributed by atoms with Gasteiger partial charge in [-0.25, -0.2) is 4.79 Å². The van der Waals surface area contributed by atoms with E-state index >= 15 is 0 Å². The van der Waals surface area contributed by atoms with Gasteiger partial charge in [0.2, 0.25) is 0 Å². The second-order valence-corrected chi connectivity index (χ2v) is 3.37. The number of carbonyl (C=O) groups excluding carboxylic acids is 2. The lowest BCUT2D eigenvalue weighted by Crippen LogP contribution is -2.27. The number of hydrogen-bond acceptors (Lipinski definition) is 4. The van der Waals surface area contributed by atoms with Crippen LogP contribution in [0.15, 0.2) is 11.6 Å². The molecule has 15 heavy (non-hydrogen) atoms. The van der Waals surface area contributed by atoms with Gasteiger partial charge in [0.15, 0.2) is 6.10 Å². The molecule has 1 fully saturated rings. The van der Waals surface area contributed by atoms with Crippen molar-refractivity contribution in [3.05, 3.63) is 11.6 Å². The van der Waals surface area contributed by atoms with E-state index in [1.165, 1.54) is 0 Å². The van der Waals surface area contributed by atoms with Crippen molar-refractivity contribution in [3.8, 4) is 0 Å². The van der Waals surface area contributed by atoms with E-state index in [4.69, 9.17) is 9.84 Å². The number of ether oxygens (including phenoxy) is 1. The van der Waals surface area contributed by atoms with Gasteiger partial charge in [0, 0.05) is 25.1 Å². The summed E-state index contributed by atoms with van der Waals surface area (Å²) in [7, 11) is 0. The number of nitrogens with one attached hydrogen (secondary N) is 1. The first-order chi connectivity index (χ1) is 7.15. The smallest absolute Gasteiger partial charge is 0.334 e. The van der Waals surface area contributed by atoms with Crippen molar-refractivity contribution < 1.29 is 19.4 Å². The van der Waals surface area contributed by atoms with Crippen LogP contribution in [0, 0.1) is 0 Å². The van der Waals surface area contributed by atoms with Crippen LogP contribution in [0.2, 0.25) is 0 Å². The van der Waals surface area contributed by atoms with Crippen LogP contribution in [0.3, 0.4) is 0 Å². The van der Waals surface area contributed by atoms with Gasteiger partial charge in [-0.2, -0.15) is 0 Å². The van der Waals surface area contributed by atoms with Crippen molar-refractivity contribution in [1.82, 2.24) is 5.32 Å². The Balaban J connectivity index is 2.44. The summed E-state index contributed by atoms with van der Waals surface area (Å²) in [5.74, 6) is -0.733. The zero-order valence-corrected chi connectivity index (χ0v) is 8.66. The number of amides is 1. The first-order valence-electron chi connectivity index (χ1n) is 4.91. The van der Waals surface area contributed by atoms with Gasteiger partial charge in [-0.1, -0.05) is 6.08 Å². The van der Waals surface area contributed by atoms with Gasteiger partial charge in [0.05, 0.1) is 0 Å². The van der Waals surface area contributed by atoms with Crippen LogP contribution in [-0.4, -0.2) is 36.2 Å². The van der Waals surface area contributed by atoms with Gasteiger partial charge in [-0.15, -0.1) is 0 Å². The third-order valence-electron chi connectivity index (χ3n) is 2.15. The molecule has 0 aromatic heterocycles. The van der Waals surface area contributed by atoms with E-state index in [1.807, 2.05) is 0 Å². The summed E-state index contributed by atoms with van der Waals surface area (Å²) in [6.45, 7) is 2.15. The molecule has 0 bridgehead atoms. The summed E-state index contributed by atoms with van der Waals surface area (Å²) < 4.78 is 4.98. The molecular weight excluding hydrogens is 198 g/mol. The zero-order chi connectivity index (χ0) is 11.3. The van der Waals surface area contributed by atoms with Gasteiger partial charge in [0.1, 0.15) is 0 Å². The largest absolute Gasteiger partial charge is 0.449 e. The molecule has 1 heterocycles. The minimum atomic E-state index is -0.657. The van der Waals surface area contributed by atoms with Crippen molar-refractivity contribution in [1.29, 1.82) is 0 Å². The average molecular weight is 213 g/mol. The molecule has 1 atom stereocenters. The topological polar surface area (TPSA) is 75.6 Å². The number of rotatable bonds is 4. The Bertz CT molecular complexity index is 285. The number of aliphatic hydroxyl groups excluding tert-OH is 1. The zero-order valence-electron chi connectivity index (χ0n) is 8.66. The molecular formula is C10H15NO4. The Labute approximate surface area is 88.1 Å². The molecule has 2 N–H and O–H groups in total. The predicted molar refractivity (Wildman–Crippen MR) is 53.0 cm³/mol. The van der Waals surface area contributed by atoms with Crippen LogP contribution in [0.4, 0.5) is 0 Å². The second kappa shape index (κ2) is 5.50. The third-order valence-corrected chi connectivity index (χ3v) is 2.15. The molecule has 0 aromatic rings. The van der Waals surface area contributed by atoms with Crippen LogP contribution in [-0.2, 0) is 14.3 Å². The number of hydrogen-bond donors (Lipinski definition) is 2. The van der Waals surface area contributed by atoms with E-state index in [2.05, 4.69) is 5.32 Å². The van der Waals surface area contributed by atoms with Crippen LogP contribution in [0.25, 0.3) is 0 Å². The molecule has 1 amide bonds. The maximum Gasteiger partial charge on any atom is 0.334 e. The lowest BCUT2D eigenvalue weighted by Gasteiger charge is -2.09. The maximum absolute atomic E-state index is 11.4. The molecule has 0 radical (unpaired) electrons. The lowest BCUT2D eigenvalue weighted by atomic mass is 10.2. The van der Waals surface area contributed by atoms with E-state index in [-0.39, 0.29) is 12.5 Å². The van der Waals surface area contributed by atoms with Crippen LogP contribution in [0.1, 0.15) is 19.8 Å². The highest BCUT2D eigenvalue weighted by molar-refractivity contribution is 5.91. The molecule has 1 rings (SSSR count). The molecule has 84 valence electrons.